The van der Waals surface area contributed by atoms with Crippen molar-refractivity contribution in [3.63, 3.8) is 0 Å². The zero-order valence-corrected chi connectivity index (χ0v) is 14.8. The molecule has 0 bridgehead atoms. The molecule has 2 heterocycles. The fourth-order valence-corrected chi connectivity index (χ4v) is 4.21. The predicted octanol–water partition coefficient (Wildman–Crippen LogP) is 3.30. The molecule has 1 aliphatic heterocycles. The van der Waals surface area contributed by atoms with Crippen molar-refractivity contribution in [2.75, 3.05) is 26.2 Å². The number of piperazine rings is 1. The topological polar surface area (TPSA) is 26.7 Å². The Balaban J connectivity index is 1.59. The number of nitrogens with zero attached hydrogens (tertiary/aromatic N) is 2. The fourth-order valence-electron chi connectivity index (χ4n) is 3.29. The van der Waals surface area contributed by atoms with Crippen LogP contribution in [0.25, 0.3) is 11.1 Å². The number of hydrogen-bond acceptors (Lipinski definition) is 4. The van der Waals surface area contributed by atoms with Gasteiger partial charge in [-0.15, -0.1) is 11.3 Å². The monoisotopic (exact) mass is 330 g/mol. The minimum atomic E-state index is -0.237. The van der Waals surface area contributed by atoms with E-state index in [-0.39, 0.29) is 6.10 Å². The fraction of sp³-hybridized carbons (Fsp3) is 0.474. The largest absolute Gasteiger partial charge is 0.392 e. The van der Waals surface area contributed by atoms with Gasteiger partial charge in [-0.2, -0.15) is 0 Å². The Morgan fingerprint density at radius 3 is 2.70 bits per heavy atom. The van der Waals surface area contributed by atoms with E-state index < -0.39 is 0 Å². The maximum Gasteiger partial charge on any atom is 0.0639 e. The van der Waals surface area contributed by atoms with E-state index in [1.54, 1.807) is 0 Å². The number of β-amino-alcohol motifs (C(OH)–C–C–N with tert-alkyl or cyclic N) is 1. The van der Waals surface area contributed by atoms with Crippen molar-refractivity contribution >= 4 is 11.3 Å². The summed E-state index contributed by atoms with van der Waals surface area (Å²) in [4.78, 5) is 6.36. The van der Waals surface area contributed by atoms with Gasteiger partial charge in [0.15, 0.2) is 0 Å². The lowest BCUT2D eigenvalue weighted by Crippen LogP contribution is -2.52. The molecular weight excluding hydrogens is 304 g/mol. The van der Waals surface area contributed by atoms with E-state index in [2.05, 4.69) is 58.5 Å². The van der Waals surface area contributed by atoms with Crippen molar-refractivity contribution < 1.29 is 5.11 Å². The number of aliphatic hydroxyl groups is 1. The number of thiophene rings is 1. The van der Waals surface area contributed by atoms with Crippen LogP contribution >= 0.6 is 11.3 Å². The predicted molar refractivity (Wildman–Crippen MR) is 97.7 cm³/mol. The summed E-state index contributed by atoms with van der Waals surface area (Å²) in [5, 5.41) is 11.8. The second-order valence-electron chi connectivity index (χ2n) is 6.60. The molecule has 0 spiro atoms. The zero-order chi connectivity index (χ0) is 16.2. The highest BCUT2D eigenvalue weighted by Gasteiger charge is 2.24. The first-order valence-corrected chi connectivity index (χ1v) is 9.27. The molecule has 0 aliphatic carbocycles. The second kappa shape index (κ2) is 7.58. The smallest absolute Gasteiger partial charge is 0.0639 e. The molecule has 4 heteroatoms. The van der Waals surface area contributed by atoms with Gasteiger partial charge in [-0.1, -0.05) is 30.3 Å². The summed E-state index contributed by atoms with van der Waals surface area (Å²) >= 11 is 1.86. The summed E-state index contributed by atoms with van der Waals surface area (Å²) in [6.45, 7) is 9.14. The molecule has 0 saturated carbocycles. The lowest BCUT2D eigenvalue weighted by Gasteiger charge is -2.40. The van der Waals surface area contributed by atoms with Crippen LogP contribution in [0.4, 0.5) is 0 Å². The molecule has 1 aromatic carbocycles. The molecule has 0 radical (unpaired) electrons. The van der Waals surface area contributed by atoms with Gasteiger partial charge in [-0.05, 0) is 36.4 Å². The SMILES string of the molecule is C[C@H](O)CN1CCN(Cc2cc(-c3ccccc3)cs2)[C@H](C)C1. The van der Waals surface area contributed by atoms with E-state index in [9.17, 15) is 5.11 Å². The van der Waals surface area contributed by atoms with Crippen LogP contribution in [-0.2, 0) is 6.54 Å². The summed E-state index contributed by atoms with van der Waals surface area (Å²) in [5.74, 6) is 0. The quantitative estimate of drug-likeness (QED) is 0.911. The minimum absolute atomic E-state index is 0.237. The normalized spacial score (nSPS) is 21.4. The zero-order valence-electron chi connectivity index (χ0n) is 14.0. The third-order valence-electron chi connectivity index (χ3n) is 4.49. The van der Waals surface area contributed by atoms with Gasteiger partial charge in [0.25, 0.3) is 0 Å². The van der Waals surface area contributed by atoms with Crippen molar-refractivity contribution in [3.8, 4) is 11.1 Å². The molecule has 124 valence electrons. The molecule has 1 aliphatic rings. The van der Waals surface area contributed by atoms with Crippen LogP contribution in [0.3, 0.4) is 0 Å². The maximum atomic E-state index is 9.55. The van der Waals surface area contributed by atoms with Crippen LogP contribution in [0.1, 0.15) is 18.7 Å². The molecule has 3 rings (SSSR count). The average Bonchev–Trinajstić information content (AvgIpc) is 2.99. The first-order chi connectivity index (χ1) is 11.1. The van der Waals surface area contributed by atoms with Gasteiger partial charge in [0.1, 0.15) is 0 Å². The third-order valence-corrected chi connectivity index (χ3v) is 5.41. The average molecular weight is 330 g/mol. The molecule has 2 atom stereocenters. The van der Waals surface area contributed by atoms with E-state index in [1.165, 1.54) is 16.0 Å². The van der Waals surface area contributed by atoms with Gasteiger partial charge in [-0.25, -0.2) is 0 Å². The Morgan fingerprint density at radius 2 is 2.00 bits per heavy atom. The van der Waals surface area contributed by atoms with Crippen molar-refractivity contribution in [1.82, 2.24) is 9.80 Å². The standard InChI is InChI=1S/C19H26N2OS/c1-15-11-20(12-16(2)22)8-9-21(15)13-19-10-18(14-23-19)17-6-4-3-5-7-17/h3-7,10,14-16,22H,8-9,11-13H2,1-2H3/t15-,16+/m1/s1. The lowest BCUT2D eigenvalue weighted by atomic mass is 10.1. The van der Waals surface area contributed by atoms with Gasteiger partial charge >= 0.3 is 0 Å². The number of rotatable bonds is 5. The first kappa shape index (κ1) is 16.7. The van der Waals surface area contributed by atoms with Crippen LogP contribution in [0, 0.1) is 0 Å². The molecule has 23 heavy (non-hydrogen) atoms. The summed E-state index contributed by atoms with van der Waals surface area (Å²) in [7, 11) is 0. The Morgan fingerprint density at radius 1 is 1.22 bits per heavy atom. The van der Waals surface area contributed by atoms with E-state index in [1.807, 2.05) is 18.3 Å². The van der Waals surface area contributed by atoms with Crippen molar-refractivity contribution in [1.29, 1.82) is 0 Å². The highest BCUT2D eigenvalue weighted by molar-refractivity contribution is 7.10. The highest BCUT2D eigenvalue weighted by Crippen LogP contribution is 2.27. The first-order valence-electron chi connectivity index (χ1n) is 8.39. The van der Waals surface area contributed by atoms with Crippen molar-refractivity contribution in [3.05, 3.63) is 46.7 Å². The molecule has 2 aromatic rings. The van der Waals surface area contributed by atoms with E-state index >= 15 is 0 Å². The van der Waals surface area contributed by atoms with Crippen LogP contribution in [0.15, 0.2) is 41.8 Å². The Labute approximate surface area is 143 Å². The van der Waals surface area contributed by atoms with Crippen LogP contribution in [-0.4, -0.2) is 53.2 Å². The molecule has 0 amide bonds. The summed E-state index contributed by atoms with van der Waals surface area (Å²) in [6.07, 6.45) is -0.237. The molecule has 1 N–H and O–H groups in total. The van der Waals surface area contributed by atoms with Gasteiger partial charge < -0.3 is 5.11 Å². The number of benzene rings is 1. The molecule has 0 unspecified atom stereocenters. The van der Waals surface area contributed by atoms with Crippen LogP contribution in [0.5, 0.6) is 0 Å². The van der Waals surface area contributed by atoms with Crippen LogP contribution in [0.2, 0.25) is 0 Å². The minimum Gasteiger partial charge on any atom is -0.392 e. The van der Waals surface area contributed by atoms with Crippen molar-refractivity contribution in [2.45, 2.75) is 32.5 Å². The van der Waals surface area contributed by atoms with E-state index in [0.29, 0.717) is 6.04 Å². The summed E-state index contributed by atoms with van der Waals surface area (Å²) in [5.41, 5.74) is 2.62. The summed E-state index contributed by atoms with van der Waals surface area (Å²) in [6, 6.07) is 13.4. The van der Waals surface area contributed by atoms with E-state index in [0.717, 1.165) is 32.7 Å². The molecular formula is C19H26N2OS. The Kier molecular flexibility index (Phi) is 5.49. The molecule has 1 saturated heterocycles. The lowest BCUT2D eigenvalue weighted by molar-refractivity contribution is 0.0477. The maximum absolute atomic E-state index is 9.55. The third kappa shape index (κ3) is 4.42. The number of hydrogen-bond donors (Lipinski definition) is 1. The van der Waals surface area contributed by atoms with Gasteiger partial charge in [0, 0.05) is 43.6 Å². The Hall–Kier alpha value is -1.20. The van der Waals surface area contributed by atoms with Gasteiger partial charge in [0.05, 0.1) is 6.10 Å². The highest BCUT2D eigenvalue weighted by atomic mass is 32.1. The Bertz CT molecular complexity index is 611. The van der Waals surface area contributed by atoms with Gasteiger partial charge in [0.2, 0.25) is 0 Å². The molecule has 1 fully saturated rings. The number of aliphatic hydroxyl groups excluding tert-OH is 1. The molecule has 3 nitrogen and oxygen atoms in total. The van der Waals surface area contributed by atoms with E-state index in [4.69, 9.17) is 0 Å². The van der Waals surface area contributed by atoms with Crippen molar-refractivity contribution in [2.24, 2.45) is 0 Å². The second-order valence-corrected chi connectivity index (χ2v) is 7.59. The van der Waals surface area contributed by atoms with Crippen LogP contribution < -0.4 is 0 Å². The molecule has 1 aromatic heterocycles. The summed E-state index contributed by atoms with van der Waals surface area (Å²) < 4.78 is 0. The van der Waals surface area contributed by atoms with Gasteiger partial charge in [-0.3, -0.25) is 9.80 Å².